The number of ether oxygens (including phenoxy) is 1. The zero-order valence-corrected chi connectivity index (χ0v) is 9.77. The Hall–Kier alpha value is -1.84. The Morgan fingerprint density at radius 2 is 2.32 bits per heavy atom. The van der Waals surface area contributed by atoms with Gasteiger partial charge in [-0.25, -0.2) is 19.3 Å². The molecule has 8 nitrogen and oxygen atoms in total. The molecule has 1 saturated heterocycles. The lowest BCUT2D eigenvalue weighted by atomic mass is 10.1. The number of imidazole rings is 1. The van der Waals surface area contributed by atoms with Gasteiger partial charge in [-0.3, -0.25) is 4.57 Å². The van der Waals surface area contributed by atoms with Gasteiger partial charge in [0.1, 0.15) is 24.2 Å². The van der Waals surface area contributed by atoms with Crippen LogP contribution < -0.4 is 5.73 Å². The van der Waals surface area contributed by atoms with E-state index in [1.807, 2.05) is 0 Å². The molecule has 0 unspecified atom stereocenters. The molecule has 102 valence electrons. The Morgan fingerprint density at radius 1 is 1.53 bits per heavy atom. The van der Waals surface area contributed by atoms with Crippen molar-refractivity contribution in [2.75, 3.05) is 12.3 Å². The van der Waals surface area contributed by atoms with E-state index in [1.165, 1.54) is 17.2 Å². The first-order chi connectivity index (χ1) is 9.03. The maximum absolute atomic E-state index is 13.8. The Labute approximate surface area is 106 Å². The van der Waals surface area contributed by atoms with Crippen molar-refractivity contribution in [1.29, 1.82) is 0 Å². The highest BCUT2D eigenvalue weighted by Gasteiger charge is 2.48. The maximum Gasteiger partial charge on any atom is 0.239 e. The van der Waals surface area contributed by atoms with Crippen LogP contribution in [0.2, 0.25) is 0 Å². The van der Waals surface area contributed by atoms with Gasteiger partial charge in [-0.05, 0) is 0 Å². The van der Waals surface area contributed by atoms with Crippen molar-refractivity contribution in [2.45, 2.75) is 24.6 Å². The van der Waals surface area contributed by atoms with Crippen LogP contribution in [-0.2, 0) is 4.74 Å². The van der Waals surface area contributed by atoms with Crippen molar-refractivity contribution in [1.82, 2.24) is 19.5 Å². The first-order valence-electron chi connectivity index (χ1n) is 5.63. The molecule has 0 radical (unpaired) electrons. The van der Waals surface area contributed by atoms with Crippen LogP contribution in [0.15, 0.2) is 12.7 Å². The number of hydrogen-bond acceptors (Lipinski definition) is 7. The maximum atomic E-state index is 13.8. The van der Waals surface area contributed by atoms with Gasteiger partial charge in [-0.1, -0.05) is 0 Å². The number of nitrogens with two attached hydrogens (primary N) is 1. The third-order valence-corrected chi connectivity index (χ3v) is 3.14. The zero-order chi connectivity index (χ0) is 13.6. The van der Waals surface area contributed by atoms with Crippen LogP contribution in [0.5, 0.6) is 0 Å². The number of nitrogens with zero attached hydrogens (tertiary/aromatic N) is 4. The van der Waals surface area contributed by atoms with Gasteiger partial charge in [0.15, 0.2) is 11.5 Å². The number of aliphatic hydroxyl groups excluding tert-OH is 1. The number of nitrogen functional groups attached to an aromatic ring is 1. The minimum atomic E-state index is -2.59. The monoisotopic (exact) mass is 269 g/mol. The first kappa shape index (κ1) is 12.2. The van der Waals surface area contributed by atoms with Crippen LogP contribution in [0.4, 0.5) is 10.2 Å². The number of aromatic nitrogens is 4. The number of anilines is 1. The molecule has 1 fully saturated rings. The van der Waals surface area contributed by atoms with Gasteiger partial charge in [-0.2, -0.15) is 0 Å². The summed E-state index contributed by atoms with van der Waals surface area (Å²) in [5, 5.41) is 18.5. The summed E-state index contributed by atoms with van der Waals surface area (Å²) in [4.78, 5) is 11.8. The molecule has 3 heterocycles. The molecule has 9 heteroatoms. The quantitative estimate of drug-likeness (QED) is 0.662. The molecule has 0 bridgehead atoms. The van der Waals surface area contributed by atoms with E-state index in [4.69, 9.17) is 15.6 Å². The van der Waals surface area contributed by atoms with Gasteiger partial charge < -0.3 is 20.7 Å². The smallest absolute Gasteiger partial charge is 0.239 e. The van der Waals surface area contributed by atoms with Crippen LogP contribution in [0.3, 0.4) is 0 Å². The first-order valence-corrected chi connectivity index (χ1v) is 5.63. The van der Waals surface area contributed by atoms with Gasteiger partial charge >= 0.3 is 0 Å². The Kier molecular flexibility index (Phi) is 2.62. The molecular weight excluding hydrogens is 257 g/mol. The van der Waals surface area contributed by atoms with Crippen molar-refractivity contribution in [3.63, 3.8) is 0 Å². The number of alkyl halides is 1. The van der Waals surface area contributed by atoms with E-state index in [0.717, 1.165) is 0 Å². The number of fused-ring (bicyclic) bond motifs is 1. The molecule has 0 amide bonds. The fourth-order valence-corrected chi connectivity index (χ4v) is 2.15. The number of halogens is 1. The van der Waals surface area contributed by atoms with E-state index in [2.05, 4.69) is 15.0 Å². The summed E-state index contributed by atoms with van der Waals surface area (Å²) in [5.41, 5.74) is 6.40. The molecule has 0 saturated carbocycles. The van der Waals surface area contributed by atoms with Crippen LogP contribution >= 0.6 is 0 Å². The highest BCUT2D eigenvalue weighted by atomic mass is 19.2. The topological polar surface area (TPSA) is 119 Å². The molecule has 0 aromatic carbocycles. The third-order valence-electron chi connectivity index (χ3n) is 3.14. The Morgan fingerprint density at radius 3 is 3.00 bits per heavy atom. The second-order valence-electron chi connectivity index (χ2n) is 4.37. The second-order valence-corrected chi connectivity index (χ2v) is 4.37. The largest absolute Gasteiger partial charge is 0.393 e. The standard InChI is InChI=1S/C10H12FN5O3/c11-10(18)1-6(19-5(10)2-17)16-4-15-7-8(12)13-3-14-9(7)16/h3-6,17-18H,1-2H2,(H2,12,13,14)/t5-,6-,10+/m1/s1. The summed E-state index contributed by atoms with van der Waals surface area (Å²) in [6.45, 7) is -0.618. The van der Waals surface area contributed by atoms with Crippen LogP contribution in [0, 0.1) is 0 Å². The van der Waals surface area contributed by atoms with E-state index in [-0.39, 0.29) is 12.2 Å². The molecule has 3 atom stereocenters. The molecule has 3 rings (SSSR count). The van der Waals surface area contributed by atoms with Crippen molar-refractivity contribution < 1.29 is 19.3 Å². The van der Waals surface area contributed by atoms with Gasteiger partial charge in [-0.15, -0.1) is 0 Å². The highest BCUT2D eigenvalue weighted by molar-refractivity contribution is 5.81. The number of aliphatic hydroxyl groups is 2. The SMILES string of the molecule is Nc1ncnc2c1ncn2[C@H]1C[C@@](O)(F)[C@@H](CO)O1. The molecular formula is C10H12FN5O3. The fraction of sp³-hybridized carbons (Fsp3) is 0.500. The fourth-order valence-electron chi connectivity index (χ4n) is 2.15. The van der Waals surface area contributed by atoms with Gasteiger partial charge in [0.25, 0.3) is 0 Å². The molecule has 2 aromatic heterocycles. The van der Waals surface area contributed by atoms with Gasteiger partial charge in [0, 0.05) is 0 Å². The summed E-state index contributed by atoms with van der Waals surface area (Å²) in [6.07, 6.45) is 0.209. The summed E-state index contributed by atoms with van der Waals surface area (Å²) in [7, 11) is 0. The summed E-state index contributed by atoms with van der Waals surface area (Å²) in [5.74, 6) is -2.38. The lowest BCUT2D eigenvalue weighted by Crippen LogP contribution is -2.35. The molecule has 1 aliphatic rings. The average Bonchev–Trinajstić information content (AvgIpc) is 2.90. The van der Waals surface area contributed by atoms with E-state index >= 15 is 0 Å². The third kappa shape index (κ3) is 1.82. The Balaban J connectivity index is 2.00. The molecule has 19 heavy (non-hydrogen) atoms. The van der Waals surface area contributed by atoms with Gasteiger partial charge in [0.05, 0.1) is 19.4 Å². The molecule has 0 spiro atoms. The normalized spacial score (nSPS) is 31.1. The number of hydrogen-bond donors (Lipinski definition) is 3. The van der Waals surface area contributed by atoms with Crippen molar-refractivity contribution in [2.24, 2.45) is 0 Å². The highest BCUT2D eigenvalue weighted by Crippen LogP contribution is 2.38. The minimum Gasteiger partial charge on any atom is -0.393 e. The predicted octanol–water partition coefficient (Wildman–Crippen LogP) is -0.654. The average molecular weight is 269 g/mol. The zero-order valence-electron chi connectivity index (χ0n) is 9.77. The Bertz CT molecular complexity index is 616. The lowest BCUT2D eigenvalue weighted by Gasteiger charge is -2.16. The van der Waals surface area contributed by atoms with E-state index in [1.54, 1.807) is 0 Å². The van der Waals surface area contributed by atoms with Crippen molar-refractivity contribution in [3.8, 4) is 0 Å². The number of rotatable bonds is 2. The molecule has 2 aromatic rings. The minimum absolute atomic E-state index is 0.205. The second kappa shape index (κ2) is 4.08. The summed E-state index contributed by atoms with van der Waals surface area (Å²) < 4.78 is 20.5. The predicted molar refractivity (Wildman–Crippen MR) is 61.4 cm³/mol. The van der Waals surface area contributed by atoms with E-state index in [0.29, 0.717) is 11.2 Å². The molecule has 4 N–H and O–H groups in total. The molecule has 0 aliphatic carbocycles. The summed E-state index contributed by atoms with van der Waals surface area (Å²) in [6, 6.07) is 0. The van der Waals surface area contributed by atoms with E-state index < -0.39 is 24.8 Å². The van der Waals surface area contributed by atoms with E-state index in [9.17, 15) is 9.50 Å². The van der Waals surface area contributed by atoms with Crippen LogP contribution in [0.25, 0.3) is 11.2 Å². The lowest BCUT2D eigenvalue weighted by molar-refractivity contribution is -0.150. The molecule has 1 aliphatic heterocycles. The van der Waals surface area contributed by atoms with Gasteiger partial charge in [0.2, 0.25) is 5.85 Å². The van der Waals surface area contributed by atoms with Crippen LogP contribution in [0.1, 0.15) is 12.6 Å². The summed E-state index contributed by atoms with van der Waals surface area (Å²) >= 11 is 0. The van der Waals surface area contributed by atoms with Crippen molar-refractivity contribution in [3.05, 3.63) is 12.7 Å². The van der Waals surface area contributed by atoms with Crippen LogP contribution in [-0.4, -0.2) is 48.3 Å². The van der Waals surface area contributed by atoms with Crippen molar-refractivity contribution >= 4 is 17.0 Å².